The molecular formula is C8H12O. The van der Waals surface area contributed by atoms with E-state index in [-0.39, 0.29) is 0 Å². The molecule has 0 amide bonds. The molecule has 0 aromatic rings. The lowest BCUT2D eigenvalue weighted by molar-refractivity contribution is -0.118. The molecule has 0 spiro atoms. The number of rotatable bonds is 1. The van der Waals surface area contributed by atoms with Gasteiger partial charge in [0.2, 0.25) is 0 Å². The molecule has 1 aliphatic carbocycles. The average molecular weight is 124 g/mol. The molecule has 1 rings (SSSR count). The molecule has 50 valence electrons. The zero-order valence-corrected chi connectivity index (χ0v) is 5.81. The molecule has 1 heteroatoms. The molecule has 0 fully saturated rings. The first-order valence-electron chi connectivity index (χ1n) is 3.52. The lowest BCUT2D eigenvalue weighted by atomic mass is 9.97. The molecule has 9 heavy (non-hydrogen) atoms. The van der Waals surface area contributed by atoms with Gasteiger partial charge < -0.3 is 0 Å². The van der Waals surface area contributed by atoms with Crippen LogP contribution in [0.15, 0.2) is 11.6 Å². The zero-order valence-electron chi connectivity index (χ0n) is 5.81. The number of carbonyl (C=O) groups excluding carboxylic acids is 1. The van der Waals surface area contributed by atoms with Crippen molar-refractivity contribution in [1.29, 1.82) is 0 Å². The summed E-state index contributed by atoms with van der Waals surface area (Å²) in [5.74, 6) is 0.396. The Balaban J connectivity index is 2.50. The van der Waals surface area contributed by atoms with Crippen LogP contribution >= 0.6 is 0 Å². The predicted octanol–water partition coefficient (Wildman–Crippen LogP) is 2.08. The van der Waals surface area contributed by atoms with Gasteiger partial charge in [0.1, 0.15) is 5.78 Å². The smallest absolute Gasteiger partial charge is 0.136 e. The van der Waals surface area contributed by atoms with Crippen LogP contribution in [0.2, 0.25) is 0 Å². The summed E-state index contributed by atoms with van der Waals surface area (Å²) in [7, 11) is 0. The van der Waals surface area contributed by atoms with Gasteiger partial charge in [0.05, 0.1) is 0 Å². The Labute approximate surface area is 55.8 Å². The summed E-state index contributed by atoms with van der Waals surface area (Å²) in [6.45, 7) is 2.14. The van der Waals surface area contributed by atoms with Crippen LogP contribution in [0.25, 0.3) is 0 Å². The van der Waals surface area contributed by atoms with Crippen molar-refractivity contribution in [2.45, 2.75) is 32.6 Å². The van der Waals surface area contributed by atoms with Crippen LogP contribution in [-0.4, -0.2) is 5.78 Å². The highest BCUT2D eigenvalue weighted by atomic mass is 16.1. The normalized spacial score (nSPS) is 19.7. The zero-order chi connectivity index (χ0) is 6.69. The van der Waals surface area contributed by atoms with E-state index in [0.29, 0.717) is 12.2 Å². The minimum atomic E-state index is 0.396. The van der Waals surface area contributed by atoms with Crippen LogP contribution in [0.3, 0.4) is 0 Å². The third-order valence-corrected chi connectivity index (χ3v) is 1.80. The largest absolute Gasteiger partial charge is 0.299 e. The van der Waals surface area contributed by atoms with Gasteiger partial charge in [-0.25, -0.2) is 0 Å². The number of hydrogen-bond donors (Lipinski definition) is 0. The van der Waals surface area contributed by atoms with Gasteiger partial charge in [-0.15, -0.1) is 0 Å². The van der Waals surface area contributed by atoms with Gasteiger partial charge >= 0.3 is 0 Å². The van der Waals surface area contributed by atoms with E-state index < -0.39 is 0 Å². The van der Waals surface area contributed by atoms with Gasteiger partial charge in [-0.1, -0.05) is 18.6 Å². The fraction of sp³-hybridized carbons (Fsp3) is 0.625. The van der Waals surface area contributed by atoms with Gasteiger partial charge in [0, 0.05) is 12.8 Å². The summed E-state index contributed by atoms with van der Waals surface area (Å²) in [6.07, 6.45) is 5.66. The van der Waals surface area contributed by atoms with E-state index in [9.17, 15) is 4.79 Å². The number of ketones is 1. The highest BCUT2D eigenvalue weighted by Crippen LogP contribution is 2.16. The number of hydrogen-bond acceptors (Lipinski definition) is 1. The fourth-order valence-electron chi connectivity index (χ4n) is 1.08. The lowest BCUT2D eigenvalue weighted by Crippen LogP contribution is -2.02. The van der Waals surface area contributed by atoms with Crippen LogP contribution in [0.5, 0.6) is 0 Å². The second-order valence-electron chi connectivity index (χ2n) is 2.46. The highest BCUT2D eigenvalue weighted by molar-refractivity contribution is 5.81. The second kappa shape index (κ2) is 2.81. The van der Waals surface area contributed by atoms with E-state index >= 15 is 0 Å². The van der Waals surface area contributed by atoms with E-state index in [1.807, 2.05) is 0 Å². The van der Waals surface area contributed by atoms with E-state index in [1.165, 1.54) is 5.57 Å². The molecule has 0 aromatic carbocycles. The summed E-state index contributed by atoms with van der Waals surface area (Å²) in [5.41, 5.74) is 1.45. The quantitative estimate of drug-likeness (QED) is 0.489. The van der Waals surface area contributed by atoms with Gasteiger partial charge in [-0.05, 0) is 12.8 Å². The first-order valence-corrected chi connectivity index (χ1v) is 3.52. The molecule has 0 radical (unpaired) electrons. The van der Waals surface area contributed by atoms with Crippen LogP contribution < -0.4 is 0 Å². The summed E-state index contributed by atoms with van der Waals surface area (Å²) in [4.78, 5) is 10.7. The maximum Gasteiger partial charge on any atom is 0.136 e. The van der Waals surface area contributed by atoms with Crippen molar-refractivity contribution in [3.63, 3.8) is 0 Å². The summed E-state index contributed by atoms with van der Waals surface area (Å²) in [6, 6.07) is 0. The Bertz CT molecular complexity index is 145. The Kier molecular flexibility index (Phi) is 2.04. The van der Waals surface area contributed by atoms with Gasteiger partial charge in [0.25, 0.3) is 0 Å². The Hall–Kier alpha value is -0.590. The van der Waals surface area contributed by atoms with Crippen LogP contribution in [0, 0.1) is 0 Å². The molecule has 0 N–H and O–H groups in total. The minimum Gasteiger partial charge on any atom is -0.299 e. The molecular weight excluding hydrogens is 112 g/mol. The average Bonchev–Trinajstić information content (AvgIpc) is 1.90. The van der Waals surface area contributed by atoms with Crippen molar-refractivity contribution in [1.82, 2.24) is 0 Å². The maximum absolute atomic E-state index is 10.7. The van der Waals surface area contributed by atoms with Crippen molar-refractivity contribution in [3.8, 4) is 0 Å². The van der Waals surface area contributed by atoms with Gasteiger partial charge in [0.15, 0.2) is 0 Å². The topological polar surface area (TPSA) is 17.1 Å². The molecule has 0 aliphatic heterocycles. The number of Topliss-reactive ketones (excluding diaryl/α,β-unsaturated/α-hetero) is 1. The first-order chi connectivity index (χ1) is 4.33. The highest BCUT2D eigenvalue weighted by Gasteiger charge is 2.07. The Morgan fingerprint density at radius 2 is 2.33 bits per heavy atom. The summed E-state index contributed by atoms with van der Waals surface area (Å²) in [5, 5.41) is 0. The van der Waals surface area contributed by atoms with Crippen LogP contribution in [-0.2, 0) is 4.79 Å². The van der Waals surface area contributed by atoms with E-state index in [1.54, 1.807) is 0 Å². The standard InChI is InChI=1S/C8H12O/c1-2-7-3-5-8(9)6-4-7/h3H,2,4-6H2,1H3. The van der Waals surface area contributed by atoms with Gasteiger partial charge in [-0.2, -0.15) is 0 Å². The monoisotopic (exact) mass is 124 g/mol. The Morgan fingerprint density at radius 3 is 2.78 bits per heavy atom. The third-order valence-electron chi connectivity index (χ3n) is 1.80. The number of carbonyl (C=O) groups is 1. The molecule has 0 saturated heterocycles. The van der Waals surface area contributed by atoms with Gasteiger partial charge in [-0.3, -0.25) is 4.79 Å². The predicted molar refractivity (Wildman–Crippen MR) is 37.2 cm³/mol. The van der Waals surface area contributed by atoms with E-state index in [4.69, 9.17) is 0 Å². The van der Waals surface area contributed by atoms with Crippen molar-refractivity contribution >= 4 is 5.78 Å². The van der Waals surface area contributed by atoms with Crippen molar-refractivity contribution in [2.24, 2.45) is 0 Å². The maximum atomic E-state index is 10.7. The van der Waals surface area contributed by atoms with Crippen LogP contribution in [0.1, 0.15) is 32.6 Å². The molecule has 1 aliphatic rings. The molecule has 0 heterocycles. The minimum absolute atomic E-state index is 0.396. The summed E-state index contributed by atoms with van der Waals surface area (Å²) >= 11 is 0. The lowest BCUT2D eigenvalue weighted by Gasteiger charge is -2.08. The molecule has 0 unspecified atom stereocenters. The van der Waals surface area contributed by atoms with Crippen LogP contribution in [0.4, 0.5) is 0 Å². The molecule has 0 bridgehead atoms. The second-order valence-corrected chi connectivity index (χ2v) is 2.46. The SMILES string of the molecule is CCC1=CCC(=O)CC1. The molecule has 0 aromatic heterocycles. The van der Waals surface area contributed by atoms with Crippen molar-refractivity contribution < 1.29 is 4.79 Å². The van der Waals surface area contributed by atoms with Crippen molar-refractivity contribution in [2.75, 3.05) is 0 Å². The Morgan fingerprint density at radius 1 is 1.56 bits per heavy atom. The molecule has 0 atom stereocenters. The van der Waals surface area contributed by atoms with Crippen molar-refractivity contribution in [3.05, 3.63) is 11.6 Å². The summed E-state index contributed by atoms with van der Waals surface area (Å²) < 4.78 is 0. The molecule has 0 saturated carbocycles. The third kappa shape index (κ3) is 1.67. The first kappa shape index (κ1) is 6.53. The van der Waals surface area contributed by atoms with E-state index in [0.717, 1.165) is 19.3 Å². The molecule has 1 nitrogen and oxygen atoms in total. The fourth-order valence-corrected chi connectivity index (χ4v) is 1.08. The number of allylic oxidation sites excluding steroid dienone is 2. The van der Waals surface area contributed by atoms with E-state index in [2.05, 4.69) is 13.0 Å².